The van der Waals surface area contributed by atoms with E-state index in [-0.39, 0.29) is 17.9 Å². The van der Waals surface area contributed by atoms with Gasteiger partial charge in [-0.3, -0.25) is 5.10 Å². The smallest absolute Gasteiger partial charge is 0.378 e. The minimum Gasteiger partial charge on any atom is -0.378 e. The number of carbonyl (C=O) groups excluding carboxylic acids is 1. The van der Waals surface area contributed by atoms with Crippen LogP contribution < -0.4 is 0 Å². The number of alkyl halides is 3. The fraction of sp³-hybridized carbons (Fsp3) is 0.407. The van der Waals surface area contributed by atoms with Gasteiger partial charge in [0.25, 0.3) is 0 Å². The molecule has 2 fully saturated rings. The third-order valence-electron chi connectivity index (χ3n) is 7.02. The lowest BCUT2D eigenvalue weighted by Gasteiger charge is -2.40. The van der Waals surface area contributed by atoms with Crippen molar-refractivity contribution in [2.45, 2.75) is 30.9 Å². The highest BCUT2D eigenvalue weighted by atomic mass is 19.4. The zero-order chi connectivity index (χ0) is 25.1. The first kappa shape index (κ1) is 24.4. The molecule has 5 rings (SSSR count). The number of H-pyrrole nitrogens is 1. The maximum Gasteiger partial charge on any atom is 0.416 e. The van der Waals surface area contributed by atoms with Crippen LogP contribution in [0.25, 0.3) is 0 Å². The summed E-state index contributed by atoms with van der Waals surface area (Å²) in [5.74, 6) is -0.123. The molecule has 2 atom stereocenters. The van der Waals surface area contributed by atoms with Gasteiger partial charge in [-0.05, 0) is 35.7 Å². The Kier molecular flexibility index (Phi) is 7.00. The Hall–Kier alpha value is -3.33. The number of hydrogen-bond acceptors (Lipinski definition) is 3. The fourth-order valence-corrected chi connectivity index (χ4v) is 5.10. The highest BCUT2D eigenvalue weighted by Gasteiger charge is 2.36. The van der Waals surface area contributed by atoms with Crippen molar-refractivity contribution in [1.29, 1.82) is 0 Å². The van der Waals surface area contributed by atoms with E-state index in [1.54, 1.807) is 17.0 Å². The highest BCUT2D eigenvalue weighted by molar-refractivity contribution is 5.75. The standard InChI is InChI=1S/C27H29F3N4O2/c28-27(29,30)23-8-6-20(7-9-23)21-15-22(18-34(17-21)26(35)33-10-12-36-13-11-33)25-16-24(31-32-25)14-19-4-2-1-3-5-19/h1-9,16,21-22H,10-15,17-18H2,(H,31,32). The second-order valence-electron chi connectivity index (χ2n) is 9.52. The van der Waals surface area contributed by atoms with Crippen LogP contribution in [0.2, 0.25) is 0 Å². The molecule has 36 heavy (non-hydrogen) atoms. The summed E-state index contributed by atoms with van der Waals surface area (Å²) < 4.78 is 44.7. The molecule has 0 bridgehead atoms. The molecule has 2 unspecified atom stereocenters. The molecular formula is C27H29F3N4O2. The minimum absolute atomic E-state index is 0.0307. The molecule has 9 heteroatoms. The van der Waals surface area contributed by atoms with E-state index in [0.29, 0.717) is 45.8 Å². The van der Waals surface area contributed by atoms with Gasteiger partial charge < -0.3 is 14.5 Å². The van der Waals surface area contributed by atoms with E-state index in [4.69, 9.17) is 4.74 Å². The number of halogens is 3. The van der Waals surface area contributed by atoms with Gasteiger partial charge >= 0.3 is 12.2 Å². The van der Waals surface area contributed by atoms with Crippen LogP contribution in [0.5, 0.6) is 0 Å². The SMILES string of the molecule is O=C(N1CCOCC1)N1CC(c2ccc(C(F)(F)F)cc2)CC(c2cc(Cc3ccccc3)[nH]n2)C1. The molecule has 1 N–H and O–H groups in total. The number of rotatable bonds is 4. The van der Waals surface area contributed by atoms with Gasteiger partial charge in [-0.15, -0.1) is 0 Å². The average molecular weight is 499 g/mol. The van der Waals surface area contributed by atoms with Crippen LogP contribution in [0, 0.1) is 0 Å². The molecule has 2 amide bonds. The summed E-state index contributed by atoms with van der Waals surface area (Å²) in [7, 11) is 0. The van der Waals surface area contributed by atoms with Gasteiger partial charge in [-0.1, -0.05) is 42.5 Å². The first-order valence-corrected chi connectivity index (χ1v) is 12.2. The van der Waals surface area contributed by atoms with E-state index in [2.05, 4.69) is 22.3 Å². The first-order valence-electron chi connectivity index (χ1n) is 12.2. The topological polar surface area (TPSA) is 61.5 Å². The number of amides is 2. The number of nitrogens with zero attached hydrogens (tertiary/aromatic N) is 3. The van der Waals surface area contributed by atoms with Crippen LogP contribution in [-0.2, 0) is 17.3 Å². The molecule has 2 aliphatic rings. The van der Waals surface area contributed by atoms with E-state index in [0.717, 1.165) is 35.5 Å². The van der Waals surface area contributed by atoms with Crippen LogP contribution in [0.15, 0.2) is 60.7 Å². The molecule has 3 heterocycles. The summed E-state index contributed by atoms with van der Waals surface area (Å²) in [5.41, 5.74) is 3.16. The van der Waals surface area contributed by atoms with Crippen LogP contribution in [0.3, 0.4) is 0 Å². The summed E-state index contributed by atoms with van der Waals surface area (Å²) in [4.78, 5) is 17.0. The Morgan fingerprint density at radius 2 is 1.67 bits per heavy atom. The van der Waals surface area contributed by atoms with Crippen molar-refractivity contribution >= 4 is 6.03 Å². The van der Waals surface area contributed by atoms with E-state index >= 15 is 0 Å². The maximum absolute atomic E-state index is 13.4. The third kappa shape index (κ3) is 5.56. The van der Waals surface area contributed by atoms with Gasteiger partial charge in [0.05, 0.1) is 24.5 Å². The summed E-state index contributed by atoms with van der Waals surface area (Å²) >= 11 is 0. The molecule has 3 aromatic rings. The lowest BCUT2D eigenvalue weighted by Crippen LogP contribution is -2.52. The predicted octanol–water partition coefficient (Wildman–Crippen LogP) is 5.04. The average Bonchev–Trinajstić information content (AvgIpc) is 3.37. The Labute approximate surface area is 208 Å². The number of aromatic amines is 1. The lowest BCUT2D eigenvalue weighted by atomic mass is 9.82. The number of ether oxygens (including phenoxy) is 1. The second-order valence-corrected chi connectivity index (χ2v) is 9.52. The van der Waals surface area contributed by atoms with E-state index in [1.165, 1.54) is 5.56 Å². The van der Waals surface area contributed by atoms with Crippen molar-refractivity contribution in [1.82, 2.24) is 20.0 Å². The van der Waals surface area contributed by atoms with Crippen LogP contribution in [0.1, 0.15) is 46.3 Å². The number of nitrogens with one attached hydrogen (secondary N) is 1. The second kappa shape index (κ2) is 10.3. The predicted molar refractivity (Wildman–Crippen MR) is 129 cm³/mol. The third-order valence-corrected chi connectivity index (χ3v) is 7.02. The summed E-state index contributed by atoms with van der Waals surface area (Å²) in [5, 5.41) is 7.70. The van der Waals surface area contributed by atoms with Gasteiger partial charge in [0.15, 0.2) is 0 Å². The van der Waals surface area contributed by atoms with Crippen molar-refractivity contribution in [2.75, 3.05) is 39.4 Å². The number of benzene rings is 2. The van der Waals surface area contributed by atoms with Crippen molar-refractivity contribution < 1.29 is 22.7 Å². The summed E-state index contributed by atoms with van der Waals surface area (Å²) in [6.07, 6.45) is -2.95. The fourth-order valence-electron chi connectivity index (χ4n) is 5.10. The molecule has 2 aromatic carbocycles. The van der Waals surface area contributed by atoms with Crippen molar-refractivity contribution in [3.63, 3.8) is 0 Å². The van der Waals surface area contributed by atoms with E-state index in [1.807, 2.05) is 29.2 Å². The number of hydrogen-bond donors (Lipinski definition) is 1. The summed E-state index contributed by atoms with van der Waals surface area (Å²) in [6.45, 7) is 3.06. The maximum atomic E-state index is 13.4. The Balaban J connectivity index is 1.38. The van der Waals surface area contributed by atoms with Crippen LogP contribution in [0.4, 0.5) is 18.0 Å². The molecule has 0 radical (unpaired) electrons. The molecule has 1 aromatic heterocycles. The van der Waals surface area contributed by atoms with Gasteiger partial charge in [0.2, 0.25) is 0 Å². The Morgan fingerprint density at radius 3 is 2.36 bits per heavy atom. The van der Waals surface area contributed by atoms with Crippen LogP contribution in [-0.4, -0.2) is 65.4 Å². The molecule has 0 saturated carbocycles. The number of carbonyl (C=O) groups is 1. The largest absolute Gasteiger partial charge is 0.416 e. The molecule has 6 nitrogen and oxygen atoms in total. The van der Waals surface area contributed by atoms with Gasteiger partial charge in [0, 0.05) is 50.1 Å². The summed E-state index contributed by atoms with van der Waals surface area (Å²) in [6, 6.07) is 17.4. The quantitative estimate of drug-likeness (QED) is 0.548. The van der Waals surface area contributed by atoms with Crippen molar-refractivity contribution in [3.05, 3.63) is 88.7 Å². The number of piperidine rings is 1. The molecule has 2 aliphatic heterocycles. The monoisotopic (exact) mass is 498 g/mol. The van der Waals surface area contributed by atoms with Crippen molar-refractivity contribution in [3.8, 4) is 0 Å². The first-order chi connectivity index (χ1) is 17.4. The molecule has 0 spiro atoms. The van der Waals surface area contributed by atoms with Gasteiger partial charge in [-0.2, -0.15) is 18.3 Å². The normalized spacial score (nSPS) is 21.0. The Morgan fingerprint density at radius 1 is 0.972 bits per heavy atom. The molecule has 190 valence electrons. The van der Waals surface area contributed by atoms with E-state index in [9.17, 15) is 18.0 Å². The number of morpholine rings is 1. The molecular weight excluding hydrogens is 469 g/mol. The van der Waals surface area contributed by atoms with Crippen LogP contribution >= 0.6 is 0 Å². The zero-order valence-electron chi connectivity index (χ0n) is 19.9. The van der Waals surface area contributed by atoms with E-state index < -0.39 is 11.7 Å². The van der Waals surface area contributed by atoms with Gasteiger partial charge in [-0.25, -0.2) is 4.79 Å². The minimum atomic E-state index is -4.38. The Bertz CT molecular complexity index is 1160. The number of aromatic nitrogens is 2. The molecule has 2 saturated heterocycles. The van der Waals surface area contributed by atoms with Gasteiger partial charge in [0.1, 0.15) is 0 Å². The molecule has 0 aliphatic carbocycles. The lowest BCUT2D eigenvalue weighted by molar-refractivity contribution is -0.137. The highest BCUT2D eigenvalue weighted by Crippen LogP contribution is 2.37. The van der Waals surface area contributed by atoms with Crippen molar-refractivity contribution in [2.24, 2.45) is 0 Å². The zero-order valence-corrected chi connectivity index (χ0v) is 19.9. The number of likely N-dealkylation sites (tertiary alicyclic amines) is 1. The number of urea groups is 1.